The van der Waals surface area contributed by atoms with E-state index in [1.54, 1.807) is 0 Å². The van der Waals surface area contributed by atoms with E-state index >= 15 is 0 Å². The summed E-state index contributed by atoms with van der Waals surface area (Å²) in [6, 6.07) is 1.77. The number of alkyl halides is 5. The van der Waals surface area contributed by atoms with Crippen molar-refractivity contribution in [2.45, 2.75) is 12.1 Å². The maximum atomic E-state index is 12.6. The van der Waals surface area contributed by atoms with Crippen LogP contribution in [0.4, 0.5) is 22.0 Å². The predicted molar refractivity (Wildman–Crippen MR) is 40.8 cm³/mol. The summed E-state index contributed by atoms with van der Waals surface area (Å²) >= 11 is 0.274. The summed E-state index contributed by atoms with van der Waals surface area (Å²) in [5, 5.41) is 0.0175. The zero-order chi connectivity index (χ0) is 11.0. The van der Waals surface area contributed by atoms with Gasteiger partial charge < -0.3 is 4.74 Å². The molecule has 14 heavy (non-hydrogen) atoms. The maximum absolute atomic E-state index is 12.6. The minimum absolute atomic E-state index is 0.0175. The summed E-state index contributed by atoms with van der Waals surface area (Å²) in [5.74, 6) is -4.81. The van der Waals surface area contributed by atoms with Crippen LogP contribution >= 0.6 is 11.3 Å². The molecule has 7 heteroatoms. The van der Waals surface area contributed by atoms with Crippen LogP contribution in [0.15, 0.2) is 12.1 Å². The Bertz CT molecular complexity index is 316. The first kappa shape index (κ1) is 11.2. The molecule has 0 saturated heterocycles. The molecule has 0 bridgehead atoms. The Morgan fingerprint density at radius 3 is 2.07 bits per heavy atom. The van der Waals surface area contributed by atoms with Crippen LogP contribution in [-0.2, 0) is 5.92 Å². The lowest BCUT2D eigenvalue weighted by Gasteiger charge is -2.17. The van der Waals surface area contributed by atoms with Gasteiger partial charge >= 0.3 is 12.1 Å². The van der Waals surface area contributed by atoms with Crippen LogP contribution in [0.1, 0.15) is 4.88 Å². The number of halogens is 5. The zero-order valence-corrected chi connectivity index (χ0v) is 7.68. The first-order valence-electron chi connectivity index (χ1n) is 3.38. The standard InChI is InChI=1S/C7H5F5OS/c1-13-5-3-2-4(14-5)6(8,9)7(10,11)12/h2-3H,1H3. The van der Waals surface area contributed by atoms with Gasteiger partial charge in [0.2, 0.25) is 0 Å². The maximum Gasteiger partial charge on any atom is 0.458 e. The molecule has 0 spiro atoms. The van der Waals surface area contributed by atoms with Gasteiger partial charge in [0.15, 0.2) is 5.06 Å². The van der Waals surface area contributed by atoms with E-state index in [2.05, 4.69) is 4.74 Å². The Kier molecular flexibility index (Phi) is 2.71. The van der Waals surface area contributed by atoms with E-state index in [-0.39, 0.29) is 16.4 Å². The van der Waals surface area contributed by atoms with E-state index in [0.29, 0.717) is 6.07 Å². The molecule has 0 aliphatic heterocycles. The Morgan fingerprint density at radius 1 is 1.14 bits per heavy atom. The van der Waals surface area contributed by atoms with Gasteiger partial charge in [0.25, 0.3) is 0 Å². The molecule has 1 aromatic rings. The van der Waals surface area contributed by atoms with E-state index in [4.69, 9.17) is 0 Å². The Balaban J connectivity index is 3.04. The number of methoxy groups -OCH3 is 1. The van der Waals surface area contributed by atoms with Crippen molar-refractivity contribution in [1.29, 1.82) is 0 Å². The van der Waals surface area contributed by atoms with E-state index < -0.39 is 17.0 Å². The number of thiophene rings is 1. The highest BCUT2D eigenvalue weighted by Gasteiger charge is 2.59. The SMILES string of the molecule is COc1ccc(C(F)(F)C(F)(F)F)s1. The van der Waals surface area contributed by atoms with Gasteiger partial charge in [0.05, 0.1) is 12.0 Å². The van der Waals surface area contributed by atoms with Crippen molar-refractivity contribution in [3.05, 3.63) is 17.0 Å². The van der Waals surface area contributed by atoms with Gasteiger partial charge in [0.1, 0.15) is 0 Å². The number of hydrogen-bond acceptors (Lipinski definition) is 2. The number of ether oxygens (including phenoxy) is 1. The van der Waals surface area contributed by atoms with Crippen molar-refractivity contribution < 1.29 is 26.7 Å². The molecule has 0 N–H and O–H groups in total. The first-order chi connectivity index (χ1) is 6.29. The van der Waals surface area contributed by atoms with Crippen molar-refractivity contribution >= 4 is 11.3 Å². The number of rotatable bonds is 2. The molecule has 0 aliphatic rings. The highest BCUT2D eigenvalue weighted by molar-refractivity contribution is 7.13. The van der Waals surface area contributed by atoms with Gasteiger partial charge in [-0.2, -0.15) is 22.0 Å². The second-order valence-corrected chi connectivity index (χ2v) is 3.44. The molecule has 1 rings (SSSR count). The summed E-state index contributed by atoms with van der Waals surface area (Å²) in [7, 11) is 1.20. The molecular weight excluding hydrogens is 227 g/mol. The second kappa shape index (κ2) is 3.38. The van der Waals surface area contributed by atoms with Crippen LogP contribution in [0.5, 0.6) is 5.06 Å². The van der Waals surface area contributed by atoms with Gasteiger partial charge in [-0.1, -0.05) is 11.3 Å². The lowest BCUT2D eigenvalue weighted by Crippen LogP contribution is -2.32. The highest BCUT2D eigenvalue weighted by atomic mass is 32.1. The molecule has 0 atom stereocenters. The first-order valence-corrected chi connectivity index (χ1v) is 4.19. The molecule has 80 valence electrons. The minimum atomic E-state index is -5.57. The lowest BCUT2D eigenvalue weighted by molar-refractivity contribution is -0.287. The third-order valence-electron chi connectivity index (χ3n) is 1.45. The Labute approximate surface area is 80.1 Å². The smallest absolute Gasteiger partial charge is 0.458 e. The number of hydrogen-bond donors (Lipinski definition) is 0. The van der Waals surface area contributed by atoms with Gasteiger partial charge in [-0.3, -0.25) is 0 Å². The normalized spacial score (nSPS) is 13.0. The molecule has 1 aromatic heterocycles. The van der Waals surface area contributed by atoms with Gasteiger partial charge in [-0.25, -0.2) is 0 Å². The van der Waals surface area contributed by atoms with Crippen molar-refractivity contribution in [2.75, 3.05) is 7.11 Å². The highest BCUT2D eigenvalue weighted by Crippen LogP contribution is 2.47. The molecule has 0 amide bonds. The van der Waals surface area contributed by atoms with Gasteiger partial charge in [-0.05, 0) is 12.1 Å². The summed E-state index contributed by atoms with van der Waals surface area (Å²) in [6.45, 7) is 0. The van der Waals surface area contributed by atoms with Crippen LogP contribution in [0.2, 0.25) is 0 Å². The minimum Gasteiger partial charge on any atom is -0.487 e. The van der Waals surface area contributed by atoms with Crippen molar-refractivity contribution in [3.63, 3.8) is 0 Å². The fourth-order valence-electron chi connectivity index (χ4n) is 0.738. The topological polar surface area (TPSA) is 9.23 Å². The van der Waals surface area contributed by atoms with Crippen LogP contribution < -0.4 is 4.74 Å². The molecule has 0 saturated carbocycles. The average Bonchev–Trinajstić information content (AvgIpc) is 2.49. The van der Waals surface area contributed by atoms with E-state index in [1.165, 1.54) is 7.11 Å². The van der Waals surface area contributed by atoms with Gasteiger partial charge in [0, 0.05) is 0 Å². The molecule has 0 radical (unpaired) electrons. The fourth-order valence-corrected chi connectivity index (χ4v) is 1.55. The summed E-state index contributed by atoms with van der Waals surface area (Å²) in [6.07, 6.45) is -5.57. The summed E-state index contributed by atoms with van der Waals surface area (Å²) in [4.78, 5) is -1.07. The molecule has 0 aliphatic carbocycles. The molecular formula is C7H5F5OS. The molecule has 0 unspecified atom stereocenters. The second-order valence-electron chi connectivity index (χ2n) is 2.39. The van der Waals surface area contributed by atoms with E-state index in [9.17, 15) is 22.0 Å². The molecule has 1 heterocycles. The Hall–Kier alpha value is -0.850. The third kappa shape index (κ3) is 1.82. The van der Waals surface area contributed by atoms with E-state index in [0.717, 1.165) is 6.07 Å². The predicted octanol–water partition coefficient (Wildman–Crippen LogP) is 3.41. The van der Waals surface area contributed by atoms with Crippen LogP contribution in [-0.4, -0.2) is 13.3 Å². The average molecular weight is 232 g/mol. The fraction of sp³-hybridized carbons (Fsp3) is 0.429. The third-order valence-corrected chi connectivity index (χ3v) is 2.56. The van der Waals surface area contributed by atoms with E-state index in [1.807, 2.05) is 0 Å². The zero-order valence-electron chi connectivity index (χ0n) is 6.86. The summed E-state index contributed by atoms with van der Waals surface area (Å²) < 4.78 is 65.3. The monoisotopic (exact) mass is 232 g/mol. The molecule has 1 nitrogen and oxygen atoms in total. The summed E-state index contributed by atoms with van der Waals surface area (Å²) in [5.41, 5.74) is 0. The van der Waals surface area contributed by atoms with Crippen LogP contribution in [0.25, 0.3) is 0 Å². The largest absolute Gasteiger partial charge is 0.487 e. The van der Waals surface area contributed by atoms with Crippen LogP contribution in [0.3, 0.4) is 0 Å². The van der Waals surface area contributed by atoms with Crippen molar-refractivity contribution in [1.82, 2.24) is 0 Å². The lowest BCUT2D eigenvalue weighted by atomic mass is 10.3. The van der Waals surface area contributed by atoms with Gasteiger partial charge in [-0.15, -0.1) is 0 Å². The van der Waals surface area contributed by atoms with Crippen LogP contribution in [0, 0.1) is 0 Å². The van der Waals surface area contributed by atoms with Crippen molar-refractivity contribution in [3.8, 4) is 5.06 Å². The van der Waals surface area contributed by atoms with Crippen molar-refractivity contribution in [2.24, 2.45) is 0 Å². The molecule has 0 fully saturated rings. The molecule has 0 aromatic carbocycles. The quantitative estimate of drug-likeness (QED) is 0.710. The Morgan fingerprint density at radius 2 is 1.71 bits per heavy atom.